The van der Waals surface area contributed by atoms with E-state index in [-0.39, 0.29) is 23.3 Å². The molecule has 3 aromatic rings. The Morgan fingerprint density at radius 3 is 2.44 bits per heavy atom. The van der Waals surface area contributed by atoms with E-state index in [0.29, 0.717) is 47.3 Å². The lowest BCUT2D eigenvalue weighted by Gasteiger charge is -2.34. The fourth-order valence-corrected chi connectivity index (χ4v) is 6.13. The number of primary amides is 1. The molecule has 2 amide bonds. The highest BCUT2D eigenvalue weighted by Gasteiger charge is 2.33. The zero-order valence-corrected chi connectivity index (χ0v) is 21.5. The summed E-state index contributed by atoms with van der Waals surface area (Å²) in [6.45, 7) is 1.58. The standard InChI is InChI=1S/C27H26N4O3S2/c1-29-21-10-6-5-9-19(21)23(30-13-11-18(12-14-30)24(28)32)20(25(29)33)15-22-26(34)31(27(35)36-22)16-17-7-3-2-4-8-17/h2-10,15,18H,11-14,16H2,1H3,(H2,28,32). The van der Waals surface area contributed by atoms with Crippen LogP contribution in [0.5, 0.6) is 0 Å². The van der Waals surface area contributed by atoms with Crippen LogP contribution in [0.2, 0.25) is 0 Å². The molecular formula is C27H26N4O3S2. The molecule has 5 rings (SSSR count). The van der Waals surface area contributed by atoms with Crippen LogP contribution in [0.15, 0.2) is 64.3 Å². The van der Waals surface area contributed by atoms with Crippen molar-refractivity contribution in [2.45, 2.75) is 19.4 Å². The Morgan fingerprint density at radius 1 is 1.08 bits per heavy atom. The van der Waals surface area contributed by atoms with E-state index in [2.05, 4.69) is 4.90 Å². The Morgan fingerprint density at radius 2 is 1.75 bits per heavy atom. The van der Waals surface area contributed by atoms with E-state index < -0.39 is 0 Å². The van der Waals surface area contributed by atoms with Crippen molar-refractivity contribution in [3.05, 3.63) is 81.0 Å². The smallest absolute Gasteiger partial charge is 0.266 e. The van der Waals surface area contributed by atoms with Crippen LogP contribution in [0, 0.1) is 5.92 Å². The van der Waals surface area contributed by atoms with Crippen molar-refractivity contribution in [3.8, 4) is 0 Å². The molecule has 0 saturated carbocycles. The second-order valence-corrected chi connectivity index (χ2v) is 10.7. The lowest BCUT2D eigenvalue weighted by atomic mass is 9.94. The first-order chi connectivity index (χ1) is 17.3. The number of pyridine rings is 1. The summed E-state index contributed by atoms with van der Waals surface area (Å²) < 4.78 is 2.09. The number of carbonyl (C=O) groups excluding carboxylic acids is 2. The summed E-state index contributed by atoms with van der Waals surface area (Å²) in [5, 5.41) is 0.920. The van der Waals surface area contributed by atoms with E-state index in [1.54, 1.807) is 22.6 Å². The molecule has 2 aromatic carbocycles. The largest absolute Gasteiger partial charge is 0.370 e. The average Bonchev–Trinajstić information content (AvgIpc) is 3.15. The molecule has 0 bridgehead atoms. The summed E-state index contributed by atoms with van der Waals surface area (Å²) in [5.41, 5.74) is 8.38. The number of nitrogens with two attached hydrogens (primary N) is 1. The maximum Gasteiger partial charge on any atom is 0.266 e. The van der Waals surface area contributed by atoms with Crippen LogP contribution in [0.3, 0.4) is 0 Å². The van der Waals surface area contributed by atoms with Gasteiger partial charge in [-0.25, -0.2) is 0 Å². The van der Waals surface area contributed by atoms with Gasteiger partial charge in [0.1, 0.15) is 4.32 Å². The number of nitrogens with zero attached hydrogens (tertiary/aromatic N) is 3. The Balaban J connectivity index is 1.58. The number of aryl methyl sites for hydroxylation is 1. The Bertz CT molecular complexity index is 1460. The second-order valence-electron chi connectivity index (χ2n) is 9.06. The molecule has 7 nitrogen and oxygen atoms in total. The van der Waals surface area contributed by atoms with Crippen LogP contribution in [0.1, 0.15) is 24.0 Å². The number of aromatic nitrogens is 1. The molecule has 36 heavy (non-hydrogen) atoms. The highest BCUT2D eigenvalue weighted by Crippen LogP contribution is 2.37. The fourth-order valence-electron chi connectivity index (χ4n) is 4.89. The topological polar surface area (TPSA) is 88.6 Å². The molecule has 0 atom stereocenters. The number of amides is 2. The third-order valence-corrected chi connectivity index (χ3v) is 8.23. The van der Waals surface area contributed by atoms with E-state index >= 15 is 0 Å². The van der Waals surface area contributed by atoms with Crippen LogP contribution in [-0.4, -0.2) is 38.7 Å². The zero-order valence-electron chi connectivity index (χ0n) is 19.8. The Labute approximate surface area is 218 Å². The first-order valence-corrected chi connectivity index (χ1v) is 13.0. The third-order valence-electron chi connectivity index (χ3n) is 6.86. The van der Waals surface area contributed by atoms with Gasteiger partial charge in [-0.15, -0.1) is 0 Å². The molecule has 0 radical (unpaired) electrons. The van der Waals surface area contributed by atoms with Crippen LogP contribution in [0.25, 0.3) is 17.0 Å². The molecule has 184 valence electrons. The fraction of sp³-hybridized carbons (Fsp3) is 0.259. The molecule has 2 N–H and O–H groups in total. The number of rotatable bonds is 5. The number of benzene rings is 2. The number of hydrogen-bond acceptors (Lipinski definition) is 6. The van der Waals surface area contributed by atoms with Gasteiger partial charge in [-0.2, -0.15) is 0 Å². The van der Waals surface area contributed by atoms with Crippen molar-refractivity contribution < 1.29 is 9.59 Å². The van der Waals surface area contributed by atoms with E-state index in [4.69, 9.17) is 18.0 Å². The minimum atomic E-state index is -0.286. The van der Waals surface area contributed by atoms with Gasteiger partial charge in [0.25, 0.3) is 11.5 Å². The molecule has 1 aromatic heterocycles. The molecular weight excluding hydrogens is 492 g/mol. The van der Waals surface area contributed by atoms with Gasteiger partial charge in [0, 0.05) is 31.4 Å². The van der Waals surface area contributed by atoms with Crippen LogP contribution < -0.4 is 16.2 Å². The van der Waals surface area contributed by atoms with E-state index in [1.807, 2.05) is 54.6 Å². The molecule has 2 aliphatic heterocycles. The van der Waals surface area contributed by atoms with Gasteiger partial charge in [0.2, 0.25) is 5.91 Å². The van der Waals surface area contributed by atoms with Crippen molar-refractivity contribution in [2.24, 2.45) is 18.7 Å². The number of piperidine rings is 1. The summed E-state index contributed by atoms with van der Waals surface area (Å²) in [5.74, 6) is -0.662. The molecule has 0 unspecified atom stereocenters. The number of anilines is 1. The average molecular weight is 519 g/mol. The lowest BCUT2D eigenvalue weighted by molar-refractivity contribution is -0.123. The quantitative estimate of drug-likeness (QED) is 0.410. The van der Waals surface area contributed by atoms with Gasteiger partial charge in [-0.1, -0.05) is 72.5 Å². The summed E-state index contributed by atoms with van der Waals surface area (Å²) in [4.78, 5) is 42.8. The molecule has 2 aliphatic rings. The summed E-state index contributed by atoms with van der Waals surface area (Å²) in [6.07, 6.45) is 2.93. The van der Waals surface area contributed by atoms with E-state index in [1.165, 1.54) is 11.8 Å². The third kappa shape index (κ3) is 4.44. The first-order valence-electron chi connectivity index (χ1n) is 11.8. The number of thiocarbonyl (C=S) groups is 1. The predicted octanol–water partition coefficient (Wildman–Crippen LogP) is 3.64. The maximum absolute atomic E-state index is 13.6. The normalized spacial score (nSPS) is 18.0. The summed E-state index contributed by atoms with van der Waals surface area (Å²) >= 11 is 6.75. The molecule has 2 fully saturated rings. The lowest BCUT2D eigenvalue weighted by Crippen LogP contribution is -2.40. The maximum atomic E-state index is 13.6. The minimum Gasteiger partial charge on any atom is -0.370 e. The summed E-state index contributed by atoms with van der Waals surface area (Å²) in [7, 11) is 1.74. The highest BCUT2D eigenvalue weighted by molar-refractivity contribution is 8.26. The SMILES string of the molecule is Cn1c(=O)c(C=C2SC(=S)N(Cc3ccccc3)C2=O)c(N2CCC(C(N)=O)CC2)c2ccccc21. The predicted molar refractivity (Wildman–Crippen MR) is 148 cm³/mol. The van der Waals surface area contributed by atoms with Gasteiger partial charge in [0.15, 0.2) is 0 Å². The molecule has 0 aliphatic carbocycles. The van der Waals surface area contributed by atoms with Crippen molar-refractivity contribution in [1.29, 1.82) is 0 Å². The molecule has 9 heteroatoms. The van der Waals surface area contributed by atoms with Gasteiger partial charge in [-0.05, 0) is 30.5 Å². The minimum absolute atomic E-state index is 0.170. The van der Waals surface area contributed by atoms with Crippen LogP contribution >= 0.6 is 24.0 Å². The zero-order chi connectivity index (χ0) is 25.4. The Kier molecular flexibility index (Phi) is 6.68. The van der Waals surface area contributed by atoms with Gasteiger partial charge in [-0.3, -0.25) is 19.3 Å². The van der Waals surface area contributed by atoms with Gasteiger partial charge in [0.05, 0.1) is 28.2 Å². The molecule has 3 heterocycles. The number of para-hydroxylation sites is 1. The molecule has 0 spiro atoms. The number of fused-ring (bicyclic) bond motifs is 1. The van der Waals surface area contributed by atoms with E-state index in [9.17, 15) is 14.4 Å². The molecule has 2 saturated heterocycles. The van der Waals surface area contributed by atoms with E-state index in [0.717, 1.165) is 22.2 Å². The first kappa shape index (κ1) is 24.3. The van der Waals surface area contributed by atoms with Crippen molar-refractivity contribution >= 4 is 62.8 Å². The monoisotopic (exact) mass is 518 g/mol. The second kappa shape index (κ2) is 9.91. The number of hydrogen-bond donors (Lipinski definition) is 1. The highest BCUT2D eigenvalue weighted by atomic mass is 32.2. The Hall–Kier alpha value is -3.43. The van der Waals surface area contributed by atoms with Crippen molar-refractivity contribution in [3.63, 3.8) is 0 Å². The summed E-state index contributed by atoms with van der Waals surface area (Å²) in [6, 6.07) is 17.4. The van der Waals surface area contributed by atoms with Crippen molar-refractivity contribution in [1.82, 2.24) is 9.47 Å². The number of thioether (sulfide) groups is 1. The van der Waals surface area contributed by atoms with Crippen LogP contribution in [-0.2, 0) is 23.2 Å². The number of carbonyl (C=O) groups is 2. The van der Waals surface area contributed by atoms with Crippen LogP contribution in [0.4, 0.5) is 5.69 Å². The van der Waals surface area contributed by atoms with Gasteiger partial charge >= 0.3 is 0 Å². The van der Waals surface area contributed by atoms with Crippen molar-refractivity contribution in [2.75, 3.05) is 18.0 Å². The van der Waals surface area contributed by atoms with Gasteiger partial charge < -0.3 is 15.2 Å².